The molecule has 10 heteroatoms. The van der Waals surface area contributed by atoms with E-state index in [1.165, 1.54) is 11.9 Å². The van der Waals surface area contributed by atoms with Crippen LogP contribution in [0.1, 0.15) is 71.8 Å². The zero-order chi connectivity index (χ0) is 27.3. The van der Waals surface area contributed by atoms with Crippen LogP contribution in [0, 0.1) is 0 Å². The highest BCUT2D eigenvalue weighted by molar-refractivity contribution is 5.94. The van der Waals surface area contributed by atoms with Crippen molar-refractivity contribution in [2.45, 2.75) is 103 Å². The molecule has 4 atom stereocenters. The van der Waals surface area contributed by atoms with Crippen LogP contribution >= 0.6 is 0 Å². The van der Waals surface area contributed by atoms with Crippen molar-refractivity contribution in [1.82, 2.24) is 20.4 Å². The molecule has 0 aromatic heterocycles. The number of nitrogen functional groups attached to an aromatic ring is 1. The molecule has 2 heterocycles. The highest BCUT2D eigenvalue weighted by Gasteiger charge is 2.44. The van der Waals surface area contributed by atoms with Crippen LogP contribution in [-0.2, 0) is 25.7 Å². The Kier molecular flexibility index (Phi) is 9.04. The van der Waals surface area contributed by atoms with Gasteiger partial charge in [-0.05, 0) is 71.1 Å². The Morgan fingerprint density at radius 2 is 1.86 bits per heavy atom. The maximum Gasteiger partial charge on any atom is 0.410 e. The maximum atomic E-state index is 13.7. The molecule has 1 aromatic carbocycles. The summed E-state index contributed by atoms with van der Waals surface area (Å²) >= 11 is 0. The van der Waals surface area contributed by atoms with Gasteiger partial charge in [-0.1, -0.05) is 25.0 Å². The SMILES string of the molecule is CC(C(=O)NC1CCCCC2CCC(C(=O)NCc3cccc(N)c3)N2C1=O)N(C)C(=O)OC(C)(C)C. The number of fused-ring (bicyclic) bond motifs is 1. The van der Waals surface area contributed by atoms with E-state index in [0.717, 1.165) is 31.2 Å². The van der Waals surface area contributed by atoms with Crippen LogP contribution in [0.5, 0.6) is 0 Å². The van der Waals surface area contributed by atoms with Crippen LogP contribution in [-0.4, -0.2) is 70.4 Å². The Morgan fingerprint density at radius 3 is 2.54 bits per heavy atom. The average Bonchev–Trinajstić information content (AvgIpc) is 3.24. The second-order valence-corrected chi connectivity index (χ2v) is 11.1. The number of nitrogens with two attached hydrogens (primary N) is 1. The van der Waals surface area contributed by atoms with Crippen molar-refractivity contribution >= 4 is 29.5 Å². The zero-order valence-electron chi connectivity index (χ0n) is 22.6. The van der Waals surface area contributed by atoms with Crippen molar-refractivity contribution in [1.29, 1.82) is 0 Å². The fourth-order valence-corrected chi connectivity index (χ4v) is 4.89. The third kappa shape index (κ3) is 7.36. The molecule has 204 valence electrons. The minimum atomic E-state index is -0.833. The van der Waals surface area contributed by atoms with Gasteiger partial charge in [-0.15, -0.1) is 0 Å². The number of amides is 4. The summed E-state index contributed by atoms with van der Waals surface area (Å²) in [5.74, 6) is -0.889. The van der Waals surface area contributed by atoms with Crippen molar-refractivity contribution in [3.63, 3.8) is 0 Å². The predicted molar refractivity (Wildman–Crippen MR) is 140 cm³/mol. The van der Waals surface area contributed by atoms with Crippen LogP contribution < -0.4 is 16.4 Å². The third-order valence-electron chi connectivity index (χ3n) is 7.01. The second-order valence-electron chi connectivity index (χ2n) is 11.1. The molecule has 2 saturated heterocycles. The number of hydrogen-bond acceptors (Lipinski definition) is 6. The molecule has 0 spiro atoms. The second kappa shape index (κ2) is 11.8. The fraction of sp³-hybridized carbons (Fsp3) is 0.630. The Morgan fingerprint density at radius 1 is 1.16 bits per heavy atom. The first-order valence-corrected chi connectivity index (χ1v) is 13.1. The van der Waals surface area contributed by atoms with Gasteiger partial charge in [0.15, 0.2) is 0 Å². The predicted octanol–water partition coefficient (Wildman–Crippen LogP) is 2.56. The van der Waals surface area contributed by atoms with E-state index in [9.17, 15) is 19.2 Å². The Labute approximate surface area is 219 Å². The molecule has 4 N–H and O–H groups in total. The summed E-state index contributed by atoms with van der Waals surface area (Å²) in [5.41, 5.74) is 6.65. The minimum Gasteiger partial charge on any atom is -0.444 e. The summed E-state index contributed by atoms with van der Waals surface area (Å²) in [6.45, 7) is 7.18. The van der Waals surface area contributed by atoms with Gasteiger partial charge in [-0.2, -0.15) is 0 Å². The number of nitrogens with zero attached hydrogens (tertiary/aromatic N) is 2. The molecule has 3 rings (SSSR count). The summed E-state index contributed by atoms with van der Waals surface area (Å²) in [4.78, 5) is 55.2. The van der Waals surface area contributed by atoms with Gasteiger partial charge < -0.3 is 26.0 Å². The van der Waals surface area contributed by atoms with Crippen LogP contribution in [0.25, 0.3) is 0 Å². The van der Waals surface area contributed by atoms with Gasteiger partial charge in [0.05, 0.1) is 0 Å². The van der Waals surface area contributed by atoms with Crippen molar-refractivity contribution in [2.24, 2.45) is 0 Å². The highest BCUT2D eigenvalue weighted by atomic mass is 16.6. The summed E-state index contributed by atoms with van der Waals surface area (Å²) in [6, 6.07) is 5.10. The van der Waals surface area contributed by atoms with Gasteiger partial charge in [0.1, 0.15) is 23.7 Å². The summed E-state index contributed by atoms with van der Waals surface area (Å²) < 4.78 is 5.36. The lowest BCUT2D eigenvalue weighted by molar-refractivity contribution is -0.144. The third-order valence-corrected chi connectivity index (χ3v) is 7.01. The Bertz CT molecular complexity index is 1010. The van der Waals surface area contributed by atoms with Gasteiger partial charge in [0.25, 0.3) is 0 Å². The van der Waals surface area contributed by atoms with Crippen LogP contribution in [0.2, 0.25) is 0 Å². The van der Waals surface area contributed by atoms with E-state index in [4.69, 9.17) is 10.5 Å². The van der Waals surface area contributed by atoms with Gasteiger partial charge in [0.2, 0.25) is 17.7 Å². The van der Waals surface area contributed by atoms with Crippen LogP contribution in [0.15, 0.2) is 24.3 Å². The van der Waals surface area contributed by atoms with Crippen LogP contribution in [0.3, 0.4) is 0 Å². The lowest BCUT2D eigenvalue weighted by Gasteiger charge is -2.36. The number of ether oxygens (including phenoxy) is 1. The van der Waals surface area contributed by atoms with Crippen molar-refractivity contribution < 1.29 is 23.9 Å². The number of carbonyl (C=O) groups is 4. The molecule has 37 heavy (non-hydrogen) atoms. The lowest BCUT2D eigenvalue weighted by atomic mass is 9.98. The lowest BCUT2D eigenvalue weighted by Crippen LogP contribution is -2.58. The van der Waals surface area contributed by atoms with Gasteiger partial charge in [-0.25, -0.2) is 4.79 Å². The first-order chi connectivity index (χ1) is 17.4. The largest absolute Gasteiger partial charge is 0.444 e. The number of anilines is 1. The average molecular weight is 516 g/mol. The fourth-order valence-electron chi connectivity index (χ4n) is 4.89. The standard InChI is InChI=1S/C27H41N5O5/c1-17(31(5)26(36)37-27(2,3)4)23(33)30-21-12-7-6-11-20-13-14-22(32(20)25(21)35)24(34)29-16-18-9-8-10-19(28)15-18/h8-10,15,17,20-22H,6-7,11-14,16,28H2,1-5H3,(H,29,34)(H,30,33). The van der Waals surface area contributed by atoms with Crippen molar-refractivity contribution in [3.8, 4) is 0 Å². The van der Waals surface area contributed by atoms with Gasteiger partial charge >= 0.3 is 6.09 Å². The monoisotopic (exact) mass is 515 g/mol. The molecular formula is C27H41N5O5. The Balaban J connectivity index is 1.67. The van der Waals surface area contributed by atoms with E-state index in [1.807, 2.05) is 12.1 Å². The first-order valence-electron chi connectivity index (χ1n) is 13.1. The maximum absolute atomic E-state index is 13.7. The number of hydrogen-bond donors (Lipinski definition) is 3. The summed E-state index contributed by atoms with van der Waals surface area (Å²) in [7, 11) is 1.50. The molecule has 2 aliphatic rings. The van der Waals surface area contributed by atoms with E-state index >= 15 is 0 Å². The number of nitrogens with one attached hydrogen (secondary N) is 2. The number of benzene rings is 1. The zero-order valence-corrected chi connectivity index (χ0v) is 22.6. The normalized spacial score (nSPS) is 22.8. The van der Waals surface area contributed by atoms with E-state index in [1.54, 1.807) is 44.7 Å². The minimum absolute atomic E-state index is 0.0304. The molecule has 10 nitrogen and oxygen atoms in total. The van der Waals surface area contributed by atoms with Crippen molar-refractivity contribution in [3.05, 3.63) is 29.8 Å². The molecule has 0 radical (unpaired) electrons. The van der Waals surface area contributed by atoms with E-state index in [2.05, 4.69) is 10.6 Å². The topological polar surface area (TPSA) is 134 Å². The Hall–Kier alpha value is -3.30. The van der Waals surface area contributed by atoms with Gasteiger partial charge in [0, 0.05) is 25.3 Å². The molecular weight excluding hydrogens is 474 g/mol. The molecule has 4 amide bonds. The quantitative estimate of drug-likeness (QED) is 0.499. The molecule has 1 aromatic rings. The molecule has 0 saturated carbocycles. The number of carbonyl (C=O) groups excluding carboxylic acids is 4. The van der Waals surface area contributed by atoms with E-state index in [-0.39, 0.29) is 17.9 Å². The molecule has 2 fully saturated rings. The number of likely N-dealkylation sites (N-methyl/N-ethyl adjacent to an activating group) is 1. The summed E-state index contributed by atoms with van der Waals surface area (Å²) in [6.07, 6.45) is 3.74. The summed E-state index contributed by atoms with van der Waals surface area (Å²) in [5, 5.41) is 5.79. The van der Waals surface area contributed by atoms with Crippen LogP contribution in [0.4, 0.5) is 10.5 Å². The molecule has 2 aliphatic heterocycles. The molecule has 0 aliphatic carbocycles. The highest BCUT2D eigenvalue weighted by Crippen LogP contribution is 2.31. The van der Waals surface area contributed by atoms with E-state index < -0.39 is 35.7 Å². The van der Waals surface area contributed by atoms with Gasteiger partial charge in [-0.3, -0.25) is 19.3 Å². The molecule has 0 bridgehead atoms. The van der Waals surface area contributed by atoms with Crippen molar-refractivity contribution in [2.75, 3.05) is 12.8 Å². The van der Waals surface area contributed by atoms with E-state index in [0.29, 0.717) is 25.1 Å². The molecule has 4 unspecified atom stereocenters. The number of rotatable bonds is 6. The first kappa shape index (κ1) is 28.3. The smallest absolute Gasteiger partial charge is 0.410 e.